The van der Waals surface area contributed by atoms with Crippen LogP contribution in [0.4, 0.5) is 0 Å². The maximum atomic E-state index is 13.1. The van der Waals surface area contributed by atoms with Crippen molar-refractivity contribution in [2.24, 2.45) is 0 Å². The second-order valence-electron chi connectivity index (χ2n) is 4.99. The molecule has 136 valence electrons. The highest BCUT2D eigenvalue weighted by Crippen LogP contribution is 2.62. The van der Waals surface area contributed by atoms with Crippen molar-refractivity contribution in [2.75, 3.05) is 26.4 Å². The Morgan fingerprint density at radius 3 is 1.87 bits per heavy atom. The maximum Gasteiger partial charge on any atom is 0.347 e. The first kappa shape index (κ1) is 22.1. The second-order valence-corrected chi connectivity index (χ2v) is 7.48. The van der Waals surface area contributed by atoms with Crippen molar-refractivity contribution >= 4 is 19.5 Å². The predicted molar refractivity (Wildman–Crippen MR) is 86.4 cm³/mol. The number of hydrogen-bond donors (Lipinski definition) is 0. The van der Waals surface area contributed by atoms with E-state index in [1.54, 1.807) is 27.7 Å². The van der Waals surface area contributed by atoms with Crippen LogP contribution in [0.3, 0.4) is 0 Å². The summed E-state index contributed by atoms with van der Waals surface area (Å²) in [4.78, 5) is 23.8. The minimum atomic E-state index is -3.73. The van der Waals surface area contributed by atoms with Gasteiger partial charge in [0.05, 0.1) is 26.4 Å². The highest BCUT2D eigenvalue weighted by Gasteiger charge is 2.53. The number of esters is 2. The van der Waals surface area contributed by atoms with Gasteiger partial charge in [-0.3, -0.25) is 14.2 Å². The van der Waals surface area contributed by atoms with E-state index in [9.17, 15) is 14.2 Å². The fourth-order valence-corrected chi connectivity index (χ4v) is 4.15. The number of ether oxygens (including phenoxy) is 2. The van der Waals surface area contributed by atoms with Gasteiger partial charge in [0.25, 0.3) is 0 Å². The molecule has 0 saturated heterocycles. The van der Waals surface area contributed by atoms with E-state index in [1.165, 1.54) is 6.92 Å². The van der Waals surface area contributed by atoms with Crippen LogP contribution in [0.15, 0.2) is 0 Å². The highest BCUT2D eigenvalue weighted by molar-refractivity contribution is 7.56. The van der Waals surface area contributed by atoms with Gasteiger partial charge in [-0.25, -0.2) is 0 Å². The number of rotatable bonds is 12. The smallest absolute Gasteiger partial charge is 0.347 e. The first-order valence-electron chi connectivity index (χ1n) is 8.03. The van der Waals surface area contributed by atoms with E-state index in [0.717, 1.165) is 0 Å². The summed E-state index contributed by atoms with van der Waals surface area (Å²) in [7, 11) is -3.73. The number of carbonyl (C=O) groups is 2. The zero-order valence-electron chi connectivity index (χ0n) is 14.8. The molecule has 0 bridgehead atoms. The second kappa shape index (κ2) is 10.8. The van der Waals surface area contributed by atoms with E-state index >= 15 is 0 Å². The molecule has 0 aliphatic rings. The van der Waals surface area contributed by atoms with Gasteiger partial charge in [-0.1, -0.05) is 0 Å². The van der Waals surface area contributed by atoms with Crippen LogP contribution in [0.5, 0.6) is 0 Å². The molecule has 1 atom stereocenters. The fourth-order valence-electron chi connectivity index (χ4n) is 2.11. The molecule has 23 heavy (non-hydrogen) atoms. The lowest BCUT2D eigenvalue weighted by Gasteiger charge is -2.33. The van der Waals surface area contributed by atoms with Crippen molar-refractivity contribution in [3.8, 4) is 0 Å². The van der Waals surface area contributed by atoms with Crippen LogP contribution in [0.25, 0.3) is 0 Å². The molecule has 0 fully saturated rings. The van der Waals surface area contributed by atoms with E-state index in [2.05, 4.69) is 0 Å². The standard InChI is InChI=1S/C15H29O7P/c1-6-19-13(16)11-10-12-15(5,14(17)20-7-2)23(18,21-8-3)22-9-4/h6-12H2,1-5H3. The minimum Gasteiger partial charge on any atom is -0.466 e. The summed E-state index contributed by atoms with van der Waals surface area (Å²) in [6.07, 6.45) is 0.585. The Bertz CT molecular complexity index is 414. The first-order chi connectivity index (χ1) is 10.8. The van der Waals surface area contributed by atoms with Crippen molar-refractivity contribution in [2.45, 2.75) is 59.0 Å². The average Bonchev–Trinajstić information content (AvgIpc) is 2.47. The van der Waals surface area contributed by atoms with E-state index in [0.29, 0.717) is 13.0 Å². The number of hydrogen-bond acceptors (Lipinski definition) is 7. The maximum absolute atomic E-state index is 13.1. The predicted octanol–water partition coefficient (Wildman–Crippen LogP) is 3.31. The van der Waals surface area contributed by atoms with Crippen molar-refractivity contribution in [1.82, 2.24) is 0 Å². The lowest BCUT2D eigenvalue weighted by atomic mass is 10.0. The molecule has 0 spiro atoms. The van der Waals surface area contributed by atoms with Crippen LogP contribution in [0, 0.1) is 0 Å². The summed E-state index contributed by atoms with van der Waals surface area (Å²) in [5.41, 5.74) is 0. The molecular formula is C15H29O7P. The van der Waals surface area contributed by atoms with Gasteiger partial charge in [0.2, 0.25) is 0 Å². The normalized spacial score (nSPS) is 14.1. The Morgan fingerprint density at radius 2 is 1.43 bits per heavy atom. The molecule has 0 rings (SSSR count). The zero-order valence-corrected chi connectivity index (χ0v) is 15.6. The minimum absolute atomic E-state index is 0.126. The molecule has 0 aromatic rings. The van der Waals surface area contributed by atoms with Gasteiger partial charge < -0.3 is 18.5 Å². The summed E-state index contributed by atoms with van der Waals surface area (Å²) >= 11 is 0. The zero-order chi connectivity index (χ0) is 17.9. The lowest BCUT2D eigenvalue weighted by molar-refractivity contribution is -0.148. The molecule has 0 saturated carbocycles. The van der Waals surface area contributed by atoms with Crippen LogP contribution >= 0.6 is 7.60 Å². The van der Waals surface area contributed by atoms with Gasteiger partial charge in [0.1, 0.15) is 0 Å². The van der Waals surface area contributed by atoms with Gasteiger partial charge >= 0.3 is 19.5 Å². The molecule has 0 amide bonds. The summed E-state index contributed by atoms with van der Waals surface area (Å²) < 4.78 is 33.7. The SMILES string of the molecule is CCOC(=O)CCCC(C)(C(=O)OCC)P(=O)(OCC)OCC. The molecule has 0 aliphatic carbocycles. The summed E-state index contributed by atoms with van der Waals surface area (Å²) in [6, 6.07) is 0. The summed E-state index contributed by atoms with van der Waals surface area (Å²) in [5.74, 6) is -1.00. The first-order valence-corrected chi connectivity index (χ1v) is 9.57. The molecule has 7 nitrogen and oxygen atoms in total. The van der Waals surface area contributed by atoms with E-state index in [-0.39, 0.29) is 38.6 Å². The van der Waals surface area contributed by atoms with Crippen molar-refractivity contribution < 1.29 is 32.7 Å². The molecule has 0 aromatic carbocycles. The van der Waals surface area contributed by atoms with Crippen LogP contribution in [-0.2, 0) is 32.7 Å². The highest BCUT2D eigenvalue weighted by atomic mass is 31.2. The van der Waals surface area contributed by atoms with Gasteiger partial charge in [-0.15, -0.1) is 0 Å². The molecule has 0 heterocycles. The largest absolute Gasteiger partial charge is 0.466 e. The Balaban J connectivity index is 5.26. The van der Waals surface area contributed by atoms with Crippen LogP contribution < -0.4 is 0 Å². The Kier molecular flexibility index (Phi) is 10.4. The van der Waals surface area contributed by atoms with Crippen LogP contribution in [0.2, 0.25) is 0 Å². The Morgan fingerprint density at radius 1 is 0.913 bits per heavy atom. The topological polar surface area (TPSA) is 88.1 Å². The van der Waals surface area contributed by atoms with Crippen molar-refractivity contribution in [3.05, 3.63) is 0 Å². The average molecular weight is 352 g/mol. The van der Waals surface area contributed by atoms with E-state index in [1.807, 2.05) is 0 Å². The van der Waals surface area contributed by atoms with Crippen molar-refractivity contribution in [1.29, 1.82) is 0 Å². The van der Waals surface area contributed by atoms with Crippen LogP contribution in [0.1, 0.15) is 53.9 Å². The van der Waals surface area contributed by atoms with E-state index in [4.69, 9.17) is 18.5 Å². The quantitative estimate of drug-likeness (QED) is 0.393. The molecule has 0 N–H and O–H groups in total. The summed E-state index contributed by atoms with van der Waals surface area (Å²) in [5, 5.41) is -1.46. The molecule has 0 radical (unpaired) electrons. The van der Waals surface area contributed by atoms with E-state index < -0.39 is 18.7 Å². The Labute approximate surface area is 138 Å². The monoisotopic (exact) mass is 352 g/mol. The third kappa shape index (κ3) is 6.24. The molecule has 0 aromatic heterocycles. The van der Waals surface area contributed by atoms with Gasteiger partial charge in [0, 0.05) is 6.42 Å². The molecular weight excluding hydrogens is 323 g/mol. The number of carbonyl (C=O) groups excluding carboxylic acids is 2. The molecule has 1 unspecified atom stereocenters. The lowest BCUT2D eigenvalue weighted by Crippen LogP contribution is -2.38. The Hall–Kier alpha value is -0.910. The van der Waals surface area contributed by atoms with Crippen molar-refractivity contribution in [3.63, 3.8) is 0 Å². The van der Waals surface area contributed by atoms with Gasteiger partial charge in [-0.05, 0) is 47.5 Å². The third-order valence-electron chi connectivity index (χ3n) is 3.27. The fraction of sp³-hybridized carbons (Fsp3) is 0.867. The molecule has 0 aliphatic heterocycles. The molecule has 8 heteroatoms. The van der Waals surface area contributed by atoms with Gasteiger partial charge in [0.15, 0.2) is 5.16 Å². The summed E-state index contributed by atoms with van der Waals surface area (Å²) in [6.45, 7) is 8.99. The van der Waals surface area contributed by atoms with Gasteiger partial charge in [-0.2, -0.15) is 0 Å². The third-order valence-corrected chi connectivity index (χ3v) is 6.08. The van der Waals surface area contributed by atoms with Crippen LogP contribution in [-0.4, -0.2) is 43.5 Å².